The van der Waals surface area contributed by atoms with Gasteiger partial charge in [0, 0.05) is 24.7 Å². The molecule has 4 N–H and O–H groups in total. The summed E-state index contributed by atoms with van der Waals surface area (Å²) in [5, 5.41) is 18.9. The van der Waals surface area contributed by atoms with Gasteiger partial charge in [-0.1, -0.05) is 11.6 Å². The fourth-order valence-corrected chi connectivity index (χ4v) is 5.42. The van der Waals surface area contributed by atoms with Gasteiger partial charge in [0.15, 0.2) is 6.61 Å². The molecule has 1 aliphatic heterocycles. The number of nitrogens with one attached hydrogen (secondary N) is 3. The molecule has 3 atom stereocenters. The SMILES string of the molecule is CC1CC(C(=O)NC23CCC(NC(=O)COc4ccc(Cl)c(F)c4)(CC2)C[C@@H]3O)N(C)N1. The summed E-state index contributed by atoms with van der Waals surface area (Å²) in [5.41, 5.74) is 2.03. The summed E-state index contributed by atoms with van der Waals surface area (Å²) < 4.78 is 18.9. The summed E-state index contributed by atoms with van der Waals surface area (Å²) in [5.74, 6) is -0.809. The maximum Gasteiger partial charge on any atom is 0.258 e. The maximum atomic E-state index is 13.5. The molecule has 0 radical (unpaired) electrons. The lowest BCUT2D eigenvalue weighted by Gasteiger charge is -2.56. The number of aliphatic hydroxyl groups is 1. The van der Waals surface area contributed by atoms with E-state index in [1.54, 1.807) is 0 Å². The fourth-order valence-electron chi connectivity index (χ4n) is 5.30. The summed E-state index contributed by atoms with van der Waals surface area (Å²) in [6.45, 7) is 1.77. The molecule has 4 fully saturated rings. The molecule has 10 heteroatoms. The number of carbonyl (C=O) groups is 2. The van der Waals surface area contributed by atoms with Gasteiger partial charge in [-0.3, -0.25) is 15.0 Å². The number of hydrogen-bond donors (Lipinski definition) is 4. The minimum Gasteiger partial charge on any atom is -0.484 e. The normalized spacial score (nSPS) is 34.3. The van der Waals surface area contributed by atoms with Gasteiger partial charge in [0.1, 0.15) is 17.6 Å². The number of nitrogens with zero attached hydrogens (tertiary/aromatic N) is 1. The van der Waals surface area contributed by atoms with Crippen molar-refractivity contribution < 1.29 is 23.8 Å². The van der Waals surface area contributed by atoms with Crippen LogP contribution < -0.4 is 20.8 Å². The quantitative estimate of drug-likeness (QED) is 0.504. The van der Waals surface area contributed by atoms with Crippen LogP contribution >= 0.6 is 11.6 Å². The van der Waals surface area contributed by atoms with Crippen molar-refractivity contribution in [3.63, 3.8) is 0 Å². The second-order valence-electron chi connectivity index (χ2n) is 9.45. The number of likely N-dealkylation sites (N-methyl/N-ethyl adjacent to an activating group) is 1. The van der Waals surface area contributed by atoms with E-state index in [4.69, 9.17) is 16.3 Å². The van der Waals surface area contributed by atoms with Crippen molar-refractivity contribution in [2.45, 2.75) is 74.7 Å². The Bertz CT molecular complexity index is 893. The molecular weight excluding hydrogens is 439 g/mol. The van der Waals surface area contributed by atoms with E-state index in [2.05, 4.69) is 16.1 Å². The third kappa shape index (κ3) is 4.57. The van der Waals surface area contributed by atoms with Crippen LogP contribution in [0.2, 0.25) is 5.02 Å². The van der Waals surface area contributed by atoms with Crippen LogP contribution in [0.1, 0.15) is 45.4 Å². The van der Waals surface area contributed by atoms with E-state index in [-0.39, 0.29) is 41.3 Å². The molecule has 2 amide bonds. The third-order valence-corrected chi connectivity index (χ3v) is 7.44. The van der Waals surface area contributed by atoms with Crippen molar-refractivity contribution in [1.82, 2.24) is 21.1 Å². The van der Waals surface area contributed by atoms with Crippen molar-refractivity contribution in [2.24, 2.45) is 0 Å². The molecule has 32 heavy (non-hydrogen) atoms. The number of aliphatic hydroxyl groups excluding tert-OH is 1. The third-order valence-electron chi connectivity index (χ3n) is 7.13. The molecule has 0 spiro atoms. The standard InChI is InChI=1S/C22H30ClFN4O4/c1-13-9-17(28(2)27-13)20(31)26-22-7-5-21(6-8-22,11-18(22)29)25-19(30)12-32-14-3-4-15(23)16(24)10-14/h3-4,10,13,17-18,27,29H,5-9,11-12H2,1-2H3,(H,25,30)(H,26,31)/t13?,17?,18-,21?,22?/m0/s1. The van der Waals surface area contributed by atoms with Gasteiger partial charge >= 0.3 is 0 Å². The average molecular weight is 469 g/mol. The number of hydrazine groups is 1. The van der Waals surface area contributed by atoms with Crippen LogP contribution in [-0.4, -0.2) is 64.8 Å². The number of fused-ring (bicyclic) bond motifs is 3. The van der Waals surface area contributed by atoms with Gasteiger partial charge in [0.05, 0.1) is 16.7 Å². The van der Waals surface area contributed by atoms with Crippen molar-refractivity contribution in [2.75, 3.05) is 13.7 Å². The molecule has 1 aromatic rings. The smallest absolute Gasteiger partial charge is 0.258 e. The molecule has 176 valence electrons. The van der Waals surface area contributed by atoms with E-state index < -0.39 is 23.0 Å². The lowest BCUT2D eigenvalue weighted by atomic mass is 9.59. The van der Waals surface area contributed by atoms with Gasteiger partial charge in [-0.25, -0.2) is 9.40 Å². The Balaban J connectivity index is 1.32. The van der Waals surface area contributed by atoms with Crippen LogP contribution in [0.25, 0.3) is 0 Å². The van der Waals surface area contributed by atoms with Crippen molar-refractivity contribution in [1.29, 1.82) is 0 Å². The minimum absolute atomic E-state index is 0.0139. The first-order valence-electron chi connectivity index (χ1n) is 11.0. The molecule has 2 unspecified atom stereocenters. The lowest BCUT2D eigenvalue weighted by molar-refractivity contribution is -0.138. The van der Waals surface area contributed by atoms with Crippen LogP contribution in [0.5, 0.6) is 5.75 Å². The minimum atomic E-state index is -0.752. The molecule has 8 nitrogen and oxygen atoms in total. The van der Waals surface area contributed by atoms with Crippen molar-refractivity contribution >= 4 is 23.4 Å². The molecule has 5 rings (SSSR count). The number of rotatable bonds is 6. The maximum absolute atomic E-state index is 13.5. The Morgan fingerprint density at radius 2 is 2.03 bits per heavy atom. The predicted octanol–water partition coefficient (Wildman–Crippen LogP) is 1.50. The molecule has 0 aromatic heterocycles. The molecule has 3 aliphatic carbocycles. The number of amides is 2. The van der Waals surface area contributed by atoms with Crippen LogP contribution in [0, 0.1) is 5.82 Å². The number of halogens is 2. The molecule has 1 aromatic carbocycles. The van der Waals surface area contributed by atoms with Gasteiger partial charge in [0.25, 0.3) is 5.91 Å². The first kappa shape index (κ1) is 23.2. The summed E-state index contributed by atoms with van der Waals surface area (Å²) in [7, 11) is 1.85. The second-order valence-corrected chi connectivity index (χ2v) is 9.86. The van der Waals surface area contributed by atoms with Crippen LogP contribution in [0.4, 0.5) is 4.39 Å². The summed E-state index contributed by atoms with van der Waals surface area (Å²) >= 11 is 5.66. The van der Waals surface area contributed by atoms with Crippen LogP contribution in [0.15, 0.2) is 18.2 Å². The van der Waals surface area contributed by atoms with Gasteiger partial charge in [-0.05, 0) is 57.6 Å². The second kappa shape index (κ2) is 8.78. The largest absolute Gasteiger partial charge is 0.484 e. The average Bonchev–Trinajstić information content (AvgIpc) is 3.08. The van der Waals surface area contributed by atoms with E-state index in [1.165, 1.54) is 12.1 Å². The topological polar surface area (TPSA) is 103 Å². The monoisotopic (exact) mass is 468 g/mol. The van der Waals surface area contributed by atoms with Gasteiger partial charge in [0.2, 0.25) is 5.91 Å². The van der Waals surface area contributed by atoms with E-state index in [1.807, 2.05) is 19.0 Å². The number of benzene rings is 1. The van der Waals surface area contributed by atoms with E-state index in [0.717, 1.165) is 6.07 Å². The Morgan fingerprint density at radius 3 is 2.62 bits per heavy atom. The fraction of sp³-hybridized carbons (Fsp3) is 0.636. The first-order valence-corrected chi connectivity index (χ1v) is 11.4. The van der Waals surface area contributed by atoms with Crippen LogP contribution in [-0.2, 0) is 9.59 Å². The van der Waals surface area contributed by atoms with Crippen molar-refractivity contribution in [3.05, 3.63) is 29.0 Å². The molecule has 1 saturated heterocycles. The van der Waals surface area contributed by atoms with E-state index >= 15 is 0 Å². The zero-order chi connectivity index (χ0) is 23.1. The van der Waals surface area contributed by atoms with Gasteiger partial charge in [-0.15, -0.1) is 0 Å². The predicted molar refractivity (Wildman–Crippen MR) is 117 cm³/mol. The number of ether oxygens (including phenoxy) is 1. The first-order chi connectivity index (χ1) is 15.1. The zero-order valence-corrected chi connectivity index (χ0v) is 19.0. The highest BCUT2D eigenvalue weighted by Gasteiger charge is 2.55. The van der Waals surface area contributed by atoms with E-state index in [9.17, 15) is 19.1 Å². The molecule has 3 saturated carbocycles. The molecule has 4 aliphatic rings. The highest BCUT2D eigenvalue weighted by molar-refractivity contribution is 6.30. The highest BCUT2D eigenvalue weighted by atomic mass is 35.5. The summed E-state index contributed by atoms with van der Waals surface area (Å²) in [6, 6.07) is 3.96. The Hall–Kier alpha value is -1.94. The Labute approximate surface area is 191 Å². The number of hydrogen-bond acceptors (Lipinski definition) is 6. The molecule has 1 heterocycles. The Morgan fingerprint density at radius 1 is 1.31 bits per heavy atom. The van der Waals surface area contributed by atoms with Crippen LogP contribution in [0.3, 0.4) is 0 Å². The molecular formula is C22H30ClFN4O4. The molecule has 2 bridgehead atoms. The summed E-state index contributed by atoms with van der Waals surface area (Å²) in [6.07, 6.45) is 2.81. The Kier molecular flexibility index (Phi) is 6.37. The number of carbonyl (C=O) groups excluding carboxylic acids is 2. The highest BCUT2D eigenvalue weighted by Crippen LogP contribution is 2.47. The van der Waals surface area contributed by atoms with Crippen molar-refractivity contribution in [3.8, 4) is 5.75 Å². The van der Waals surface area contributed by atoms with Gasteiger partial charge in [-0.2, -0.15) is 0 Å². The summed E-state index contributed by atoms with van der Waals surface area (Å²) in [4.78, 5) is 25.4. The zero-order valence-electron chi connectivity index (χ0n) is 18.3. The van der Waals surface area contributed by atoms with E-state index in [0.29, 0.717) is 38.5 Å². The lowest BCUT2D eigenvalue weighted by Crippen LogP contribution is -2.71. The van der Waals surface area contributed by atoms with Gasteiger partial charge < -0.3 is 20.5 Å².